The summed E-state index contributed by atoms with van der Waals surface area (Å²) in [5, 5.41) is 16.6. The molecule has 4 aromatic heterocycles. The van der Waals surface area contributed by atoms with Crippen LogP contribution >= 0.6 is 0 Å². The lowest BCUT2D eigenvalue weighted by atomic mass is 10.1. The molecule has 0 aliphatic rings. The Kier molecular flexibility index (Phi) is 6.53. The maximum atomic E-state index is 6.41. The van der Waals surface area contributed by atoms with Crippen molar-refractivity contribution < 1.29 is 4.42 Å². The second-order valence-corrected chi connectivity index (χ2v) is 14.3. The van der Waals surface area contributed by atoms with E-state index < -0.39 is 0 Å². The number of rotatable bonds is 5. The minimum Gasteiger partial charge on any atom is -0.456 e. The molecule has 0 saturated carbocycles. The Labute approximate surface area is 320 Å². The third-order valence-electron chi connectivity index (χ3n) is 11.2. The Morgan fingerprint density at radius 2 is 0.911 bits per heavy atom. The average molecular weight is 718 g/mol. The first-order valence-corrected chi connectivity index (χ1v) is 18.8. The first kappa shape index (κ1) is 30.7. The summed E-state index contributed by atoms with van der Waals surface area (Å²) in [7, 11) is 0. The van der Waals surface area contributed by atoms with Crippen molar-refractivity contribution in [2.45, 2.75) is 0 Å². The van der Waals surface area contributed by atoms with E-state index in [1.807, 2.05) is 30.3 Å². The van der Waals surface area contributed by atoms with E-state index >= 15 is 0 Å². The maximum Gasteiger partial charge on any atom is 0.168 e. The molecule has 0 aliphatic heterocycles. The number of benzene rings is 8. The third-order valence-corrected chi connectivity index (χ3v) is 11.2. The van der Waals surface area contributed by atoms with Gasteiger partial charge >= 0.3 is 0 Å². The van der Waals surface area contributed by atoms with Crippen LogP contribution in [0.15, 0.2) is 192 Å². The number of hydrogen-bond donors (Lipinski definition) is 0. The molecule has 12 rings (SSSR count). The summed E-state index contributed by atoms with van der Waals surface area (Å²) < 4.78 is 13.4. The van der Waals surface area contributed by atoms with Crippen LogP contribution in [0.3, 0.4) is 0 Å². The van der Waals surface area contributed by atoms with Crippen LogP contribution in [0.25, 0.3) is 105 Å². The standard InChI is InChI=1S/C50H31N5O/c1-3-14-32(15-4-1)49-51-52-50(55(49)34-16-5-2-6-17-34)33-26-27-39-37-20-7-10-23-42(37)53(44(39)30-33)35-18-13-19-36(31-35)54-43-24-11-8-21-38(43)40-28-29-46-47(48(40)54)41-22-9-12-25-45(41)56-46/h1-31H. The van der Waals surface area contributed by atoms with E-state index in [1.165, 1.54) is 21.5 Å². The molecule has 0 unspecified atom stereocenters. The van der Waals surface area contributed by atoms with Crippen LogP contribution in [0.1, 0.15) is 0 Å². The maximum absolute atomic E-state index is 6.41. The zero-order chi connectivity index (χ0) is 36.7. The monoisotopic (exact) mass is 717 g/mol. The van der Waals surface area contributed by atoms with Gasteiger partial charge in [0, 0.05) is 55.1 Å². The van der Waals surface area contributed by atoms with Crippen molar-refractivity contribution in [3.63, 3.8) is 0 Å². The number of nitrogens with zero attached hydrogens (tertiary/aromatic N) is 5. The Hall–Kier alpha value is -7.70. The summed E-state index contributed by atoms with van der Waals surface area (Å²) in [5.74, 6) is 1.58. The van der Waals surface area contributed by atoms with Gasteiger partial charge in [0.1, 0.15) is 11.2 Å². The Morgan fingerprint density at radius 1 is 0.339 bits per heavy atom. The van der Waals surface area contributed by atoms with Crippen molar-refractivity contribution >= 4 is 65.6 Å². The molecule has 12 aromatic rings. The second kappa shape index (κ2) is 11.9. The lowest BCUT2D eigenvalue weighted by Gasteiger charge is -2.14. The molecule has 6 heteroatoms. The van der Waals surface area contributed by atoms with Gasteiger partial charge in [-0.05, 0) is 66.7 Å². The van der Waals surface area contributed by atoms with Gasteiger partial charge in [-0.1, -0.05) is 121 Å². The molecule has 56 heavy (non-hydrogen) atoms. The minimum atomic E-state index is 0.782. The average Bonchev–Trinajstić information content (AvgIpc) is 4.03. The predicted molar refractivity (Wildman–Crippen MR) is 228 cm³/mol. The molecule has 0 radical (unpaired) electrons. The van der Waals surface area contributed by atoms with Gasteiger partial charge < -0.3 is 13.6 Å². The Morgan fingerprint density at radius 3 is 1.70 bits per heavy atom. The van der Waals surface area contributed by atoms with Crippen LogP contribution in [0.4, 0.5) is 0 Å². The lowest BCUT2D eigenvalue weighted by molar-refractivity contribution is 0.669. The number of hydrogen-bond acceptors (Lipinski definition) is 3. The smallest absolute Gasteiger partial charge is 0.168 e. The summed E-state index contributed by atoms with van der Waals surface area (Å²) in [4.78, 5) is 0. The highest BCUT2D eigenvalue weighted by Crippen LogP contribution is 2.42. The molecule has 0 aliphatic carbocycles. The van der Waals surface area contributed by atoms with Gasteiger partial charge in [0.15, 0.2) is 11.6 Å². The fourth-order valence-corrected chi connectivity index (χ4v) is 8.76. The zero-order valence-corrected chi connectivity index (χ0v) is 30.0. The summed E-state index contributed by atoms with van der Waals surface area (Å²) in [6, 6.07) is 66.2. The van der Waals surface area contributed by atoms with Crippen LogP contribution in [0.2, 0.25) is 0 Å². The molecule has 6 nitrogen and oxygen atoms in total. The minimum absolute atomic E-state index is 0.782. The van der Waals surface area contributed by atoms with Gasteiger partial charge in [-0.15, -0.1) is 10.2 Å². The quantitative estimate of drug-likeness (QED) is 0.178. The van der Waals surface area contributed by atoms with Crippen molar-refractivity contribution in [2.75, 3.05) is 0 Å². The molecule has 0 spiro atoms. The van der Waals surface area contributed by atoms with Crippen LogP contribution in [-0.4, -0.2) is 23.9 Å². The summed E-state index contributed by atoms with van der Waals surface area (Å²) in [6.07, 6.45) is 0. The van der Waals surface area contributed by atoms with Crippen LogP contribution in [0.5, 0.6) is 0 Å². The van der Waals surface area contributed by atoms with Crippen molar-refractivity contribution in [3.8, 4) is 39.8 Å². The van der Waals surface area contributed by atoms with E-state index in [9.17, 15) is 0 Å². The third kappa shape index (κ3) is 4.44. The van der Waals surface area contributed by atoms with Crippen molar-refractivity contribution in [1.29, 1.82) is 0 Å². The molecule has 0 N–H and O–H groups in total. The molecule has 4 heterocycles. The molecule has 0 atom stereocenters. The van der Waals surface area contributed by atoms with E-state index in [4.69, 9.17) is 14.6 Å². The number of fused-ring (bicyclic) bond motifs is 10. The Bertz CT molecular complexity index is 3480. The van der Waals surface area contributed by atoms with Gasteiger partial charge in [-0.25, -0.2) is 0 Å². The van der Waals surface area contributed by atoms with Crippen LogP contribution in [0, 0.1) is 0 Å². The summed E-state index contributed by atoms with van der Waals surface area (Å²) >= 11 is 0. The van der Waals surface area contributed by atoms with Gasteiger partial charge in [0.05, 0.1) is 27.5 Å². The van der Waals surface area contributed by atoms with Gasteiger partial charge in [-0.3, -0.25) is 4.57 Å². The number of furan rings is 1. The van der Waals surface area contributed by atoms with Crippen molar-refractivity contribution in [3.05, 3.63) is 188 Å². The molecule has 8 aromatic carbocycles. The predicted octanol–water partition coefficient (Wildman–Crippen LogP) is 12.7. The Balaban J connectivity index is 1.11. The normalized spacial score (nSPS) is 11.9. The second-order valence-electron chi connectivity index (χ2n) is 14.3. The lowest BCUT2D eigenvalue weighted by Crippen LogP contribution is -2.01. The fourth-order valence-electron chi connectivity index (χ4n) is 8.76. The molecule has 0 saturated heterocycles. The molecular formula is C50H31N5O. The fraction of sp³-hybridized carbons (Fsp3) is 0. The van der Waals surface area contributed by atoms with Crippen molar-refractivity contribution in [2.24, 2.45) is 0 Å². The highest BCUT2D eigenvalue weighted by Gasteiger charge is 2.22. The molecule has 262 valence electrons. The number of para-hydroxylation sites is 4. The van der Waals surface area contributed by atoms with Gasteiger partial charge in [-0.2, -0.15) is 0 Å². The zero-order valence-electron chi connectivity index (χ0n) is 30.0. The highest BCUT2D eigenvalue weighted by molar-refractivity contribution is 6.24. The van der Waals surface area contributed by atoms with Crippen LogP contribution < -0.4 is 0 Å². The van der Waals surface area contributed by atoms with E-state index in [2.05, 4.69) is 171 Å². The van der Waals surface area contributed by atoms with E-state index in [0.29, 0.717) is 0 Å². The SMILES string of the molecule is c1ccc(-c2nnc(-c3ccc4c5ccccc5n(-c5cccc(-n6c7ccccc7c7ccc8oc9ccccc9c8c76)c5)c4c3)n2-c2ccccc2)cc1. The van der Waals surface area contributed by atoms with Crippen molar-refractivity contribution in [1.82, 2.24) is 23.9 Å². The van der Waals surface area contributed by atoms with Crippen LogP contribution in [-0.2, 0) is 0 Å². The molecule has 0 amide bonds. The summed E-state index contributed by atoms with van der Waals surface area (Å²) in [6.45, 7) is 0. The molecular weight excluding hydrogens is 687 g/mol. The molecule has 0 bridgehead atoms. The number of aromatic nitrogens is 5. The van der Waals surface area contributed by atoms with Gasteiger partial charge in [0.25, 0.3) is 0 Å². The largest absolute Gasteiger partial charge is 0.456 e. The first-order chi connectivity index (χ1) is 27.8. The highest BCUT2D eigenvalue weighted by atomic mass is 16.3. The van der Waals surface area contributed by atoms with E-state index in [0.717, 1.165) is 83.8 Å². The van der Waals surface area contributed by atoms with Gasteiger partial charge in [0.2, 0.25) is 0 Å². The van der Waals surface area contributed by atoms with E-state index in [-0.39, 0.29) is 0 Å². The topological polar surface area (TPSA) is 53.7 Å². The first-order valence-electron chi connectivity index (χ1n) is 18.8. The molecule has 0 fully saturated rings. The van der Waals surface area contributed by atoms with E-state index in [1.54, 1.807) is 0 Å². The summed E-state index contributed by atoms with van der Waals surface area (Å²) in [5.41, 5.74) is 11.4.